The third-order valence-electron chi connectivity index (χ3n) is 7.04. The van der Waals surface area contributed by atoms with Crippen LogP contribution in [0.2, 0.25) is 0 Å². The van der Waals surface area contributed by atoms with Crippen LogP contribution in [0.5, 0.6) is 0 Å². The molecule has 4 aliphatic rings. The molecule has 2 saturated carbocycles. The molecule has 2 heterocycles. The standard InChI is InChI=1S/2C14H22P.Fe/c2*1-3-7-13-11-14(8-4-2)15(13)12-9-5-6-10-12;/h2*5-6,9-10,13-14H,3-4,7-8,11H2,1-2H3;/t2*13-,14-;/m00./s1. The molecule has 0 aromatic heterocycles. The maximum Gasteiger partial charge on any atom is 0.00803 e. The Morgan fingerprint density at radius 2 is 0.806 bits per heavy atom. The predicted molar refractivity (Wildman–Crippen MR) is 139 cm³/mol. The van der Waals surface area contributed by atoms with Gasteiger partial charge in [-0.15, -0.1) is 0 Å². The van der Waals surface area contributed by atoms with E-state index >= 15 is 0 Å². The van der Waals surface area contributed by atoms with Crippen molar-refractivity contribution in [2.45, 2.75) is 115 Å². The Balaban J connectivity index is 0.000000213. The molecule has 3 heteroatoms. The molecule has 4 atom stereocenters. The second-order valence-corrected chi connectivity index (χ2v) is 14.9. The molecule has 2 saturated heterocycles. The zero-order valence-corrected chi connectivity index (χ0v) is 23.1. The molecule has 10 radical (unpaired) electrons. The normalized spacial score (nSPS) is 32.1. The molecule has 2 aliphatic heterocycles. The van der Waals surface area contributed by atoms with Gasteiger partial charge in [0.2, 0.25) is 0 Å². The van der Waals surface area contributed by atoms with Gasteiger partial charge in [0, 0.05) is 28.4 Å². The van der Waals surface area contributed by atoms with Crippen LogP contribution in [-0.2, 0) is 17.1 Å². The predicted octanol–water partition coefficient (Wildman–Crippen LogP) is 9.14. The summed E-state index contributed by atoms with van der Waals surface area (Å²) in [6.07, 6.45) is 32.6. The van der Waals surface area contributed by atoms with E-state index in [1.165, 1.54) is 64.2 Å². The van der Waals surface area contributed by atoms with Gasteiger partial charge in [-0.1, -0.05) is 69.2 Å². The fourth-order valence-corrected chi connectivity index (χ4v) is 12.9. The SMILES string of the molecule is CCC[C@H]1C[C@H](CCC)P1[C]1[CH][CH][CH][CH]1.CCC[C@H]1C[C@H](CCC)P1[C]1[CH][CH][CH][CH]1.[Fe]. The summed E-state index contributed by atoms with van der Waals surface area (Å²) in [6.45, 7) is 9.30. The van der Waals surface area contributed by atoms with Gasteiger partial charge in [0.25, 0.3) is 0 Å². The minimum absolute atomic E-state index is 0. The van der Waals surface area contributed by atoms with E-state index in [0.29, 0.717) is 0 Å². The molecule has 174 valence electrons. The van der Waals surface area contributed by atoms with Gasteiger partial charge in [0.05, 0.1) is 0 Å². The van der Waals surface area contributed by atoms with E-state index < -0.39 is 0 Å². The van der Waals surface area contributed by atoms with Crippen LogP contribution in [0.1, 0.15) is 91.9 Å². The average molecular weight is 498 g/mol. The molecule has 0 N–H and O–H groups in total. The molecule has 4 rings (SSSR count). The summed E-state index contributed by atoms with van der Waals surface area (Å²) in [6, 6.07) is 0. The van der Waals surface area contributed by atoms with E-state index in [1.54, 1.807) is 11.3 Å². The summed E-state index contributed by atoms with van der Waals surface area (Å²) >= 11 is 0. The molecule has 0 unspecified atom stereocenters. The molecule has 0 aromatic carbocycles. The summed E-state index contributed by atoms with van der Waals surface area (Å²) in [4.78, 5) is 0. The average Bonchev–Trinajstić information content (AvgIpc) is 3.41. The van der Waals surface area contributed by atoms with Gasteiger partial charge in [-0.05, 0) is 113 Å². The van der Waals surface area contributed by atoms with Crippen LogP contribution in [-0.4, -0.2) is 22.6 Å². The Morgan fingerprint density at radius 1 is 0.548 bits per heavy atom. The van der Waals surface area contributed by atoms with Crippen molar-refractivity contribution in [1.29, 1.82) is 0 Å². The smallest absolute Gasteiger partial charge is 0.00803 e. The van der Waals surface area contributed by atoms with Crippen LogP contribution < -0.4 is 0 Å². The van der Waals surface area contributed by atoms with Gasteiger partial charge in [-0.2, -0.15) is 0 Å². The molecular formula is C28H44FeP2. The molecule has 0 nitrogen and oxygen atoms in total. The summed E-state index contributed by atoms with van der Waals surface area (Å²) in [5, 5.41) is 0. The fourth-order valence-electron chi connectivity index (χ4n) is 5.68. The topological polar surface area (TPSA) is 0 Å². The molecule has 0 spiro atoms. The molecule has 31 heavy (non-hydrogen) atoms. The van der Waals surface area contributed by atoms with Gasteiger partial charge in [0.15, 0.2) is 0 Å². The van der Waals surface area contributed by atoms with Gasteiger partial charge < -0.3 is 0 Å². The van der Waals surface area contributed by atoms with Crippen molar-refractivity contribution in [2.24, 2.45) is 0 Å². The quantitative estimate of drug-likeness (QED) is 0.208. The largest absolute Gasteiger partial charge is 0.0924 e. The Kier molecular flexibility index (Phi) is 14.2. The molecule has 0 amide bonds. The summed E-state index contributed by atoms with van der Waals surface area (Å²) in [5.74, 6) is 0. The summed E-state index contributed by atoms with van der Waals surface area (Å²) < 4.78 is 0. The molecule has 4 fully saturated rings. The number of hydrogen-bond donors (Lipinski definition) is 0. The van der Waals surface area contributed by atoms with Gasteiger partial charge >= 0.3 is 0 Å². The monoisotopic (exact) mass is 498 g/mol. The third kappa shape index (κ3) is 7.68. The van der Waals surface area contributed by atoms with Crippen molar-refractivity contribution in [3.05, 3.63) is 62.7 Å². The van der Waals surface area contributed by atoms with Crippen molar-refractivity contribution in [2.75, 3.05) is 0 Å². The summed E-state index contributed by atoms with van der Waals surface area (Å²) in [7, 11) is 0.411. The third-order valence-corrected chi connectivity index (χ3v) is 13.8. The molecular weight excluding hydrogens is 454 g/mol. The first-order chi connectivity index (χ1) is 14.7. The van der Waals surface area contributed by atoms with Crippen molar-refractivity contribution in [1.82, 2.24) is 0 Å². The van der Waals surface area contributed by atoms with Crippen LogP contribution in [0.3, 0.4) is 0 Å². The second-order valence-electron chi connectivity index (χ2n) is 9.34. The van der Waals surface area contributed by atoms with Crippen molar-refractivity contribution < 1.29 is 17.1 Å². The zero-order valence-electron chi connectivity index (χ0n) is 20.2. The first-order valence-electron chi connectivity index (χ1n) is 12.7. The minimum Gasteiger partial charge on any atom is -0.0924 e. The first kappa shape index (κ1) is 28.6. The molecule has 2 aliphatic carbocycles. The maximum atomic E-state index is 2.36. The minimum atomic E-state index is 0. The van der Waals surface area contributed by atoms with Crippen molar-refractivity contribution in [3.8, 4) is 0 Å². The van der Waals surface area contributed by atoms with Crippen molar-refractivity contribution in [3.63, 3.8) is 0 Å². The van der Waals surface area contributed by atoms with E-state index in [9.17, 15) is 0 Å². The van der Waals surface area contributed by atoms with Crippen LogP contribution >= 0.6 is 15.8 Å². The Labute approximate surface area is 209 Å². The number of rotatable bonds is 10. The Bertz CT molecular complexity index is 392. The Hall–Kier alpha value is 1.38. The fraction of sp³-hybridized carbons (Fsp3) is 0.643. The first-order valence-corrected chi connectivity index (χ1v) is 15.7. The van der Waals surface area contributed by atoms with Gasteiger partial charge in [0.1, 0.15) is 0 Å². The van der Waals surface area contributed by atoms with Gasteiger partial charge in [-0.25, -0.2) is 0 Å². The number of hydrogen-bond acceptors (Lipinski definition) is 0. The van der Waals surface area contributed by atoms with Crippen LogP contribution in [0, 0.1) is 62.7 Å². The van der Waals surface area contributed by atoms with Crippen molar-refractivity contribution >= 4 is 15.8 Å². The van der Waals surface area contributed by atoms with Gasteiger partial charge in [-0.3, -0.25) is 0 Å². The van der Waals surface area contributed by atoms with E-state index in [-0.39, 0.29) is 32.9 Å². The van der Waals surface area contributed by atoms with E-state index in [2.05, 4.69) is 79.1 Å². The molecule has 0 bridgehead atoms. The maximum absolute atomic E-state index is 2.36. The van der Waals surface area contributed by atoms with E-state index in [1.807, 2.05) is 0 Å². The summed E-state index contributed by atoms with van der Waals surface area (Å²) in [5.41, 5.74) is 7.53. The van der Waals surface area contributed by atoms with E-state index in [4.69, 9.17) is 0 Å². The van der Waals surface area contributed by atoms with Crippen LogP contribution in [0.4, 0.5) is 0 Å². The Morgan fingerprint density at radius 3 is 1.03 bits per heavy atom. The van der Waals surface area contributed by atoms with E-state index in [0.717, 1.165) is 22.6 Å². The molecule has 0 aromatic rings. The zero-order chi connectivity index (χ0) is 21.3. The second kappa shape index (κ2) is 15.4. The van der Waals surface area contributed by atoms with Crippen LogP contribution in [0.25, 0.3) is 0 Å². The van der Waals surface area contributed by atoms with Crippen LogP contribution in [0.15, 0.2) is 0 Å².